The third-order valence-electron chi connectivity index (χ3n) is 5.62. The van der Waals surface area contributed by atoms with Gasteiger partial charge in [-0.2, -0.15) is 9.61 Å². The molecular weight excluding hydrogens is 415 g/mol. The lowest BCUT2D eigenvalue weighted by atomic mass is 10.2. The van der Waals surface area contributed by atoms with Crippen LogP contribution in [0.25, 0.3) is 16.6 Å². The Kier molecular flexibility index (Phi) is 4.65. The molecule has 164 valence electrons. The molecule has 0 aromatic carbocycles. The molecule has 0 atom stereocenters. The molecule has 1 amide bonds. The summed E-state index contributed by atoms with van der Waals surface area (Å²) in [6.07, 6.45) is 4.58. The monoisotopic (exact) mass is 436 g/mol. The molecule has 5 rings (SSSR count). The van der Waals surface area contributed by atoms with E-state index in [1.165, 1.54) is 25.8 Å². The van der Waals surface area contributed by atoms with E-state index in [0.29, 0.717) is 5.65 Å². The lowest BCUT2D eigenvalue weighted by Gasteiger charge is -2.16. The molecule has 1 saturated carbocycles. The second kappa shape index (κ2) is 7.40. The van der Waals surface area contributed by atoms with Crippen molar-refractivity contribution >= 4 is 28.3 Å². The van der Waals surface area contributed by atoms with Crippen LogP contribution >= 0.6 is 0 Å². The van der Waals surface area contributed by atoms with Crippen molar-refractivity contribution in [2.45, 2.75) is 45.2 Å². The number of pyridine rings is 2. The number of anilines is 1. The minimum atomic E-state index is -0.516. The van der Waals surface area contributed by atoms with Gasteiger partial charge >= 0.3 is 0 Å². The Hall–Kier alpha value is -3.82. The van der Waals surface area contributed by atoms with E-state index in [9.17, 15) is 18.8 Å². The van der Waals surface area contributed by atoms with E-state index in [2.05, 4.69) is 15.4 Å². The largest absolute Gasteiger partial charge is 0.311 e. The van der Waals surface area contributed by atoms with E-state index in [1.54, 1.807) is 18.3 Å². The summed E-state index contributed by atoms with van der Waals surface area (Å²) < 4.78 is 17.4. The maximum absolute atomic E-state index is 13.3. The van der Waals surface area contributed by atoms with Gasteiger partial charge in [-0.15, -0.1) is 0 Å². The Morgan fingerprint density at radius 1 is 1.22 bits per heavy atom. The summed E-state index contributed by atoms with van der Waals surface area (Å²) in [5.74, 6) is -0.512. The zero-order chi connectivity index (χ0) is 22.6. The van der Waals surface area contributed by atoms with Crippen molar-refractivity contribution in [1.29, 1.82) is 0 Å². The molecule has 0 saturated heterocycles. The maximum Gasteiger partial charge on any atom is 0.282 e. The van der Waals surface area contributed by atoms with Crippen molar-refractivity contribution in [1.82, 2.24) is 23.7 Å². The molecule has 4 aromatic heterocycles. The molecule has 0 radical (unpaired) electrons. The molecule has 9 nitrogen and oxygen atoms in total. The van der Waals surface area contributed by atoms with Crippen LogP contribution in [-0.2, 0) is 11.3 Å². The first kappa shape index (κ1) is 20.1. The first-order valence-corrected chi connectivity index (χ1v) is 10.4. The molecule has 0 spiro atoms. The third-order valence-corrected chi connectivity index (χ3v) is 5.62. The van der Waals surface area contributed by atoms with E-state index in [0.717, 1.165) is 24.7 Å². The molecule has 1 aliphatic rings. The van der Waals surface area contributed by atoms with Gasteiger partial charge in [-0.05, 0) is 44.9 Å². The molecule has 32 heavy (non-hydrogen) atoms. The molecule has 0 unspecified atom stereocenters. The second-order valence-electron chi connectivity index (χ2n) is 8.30. The van der Waals surface area contributed by atoms with Crippen molar-refractivity contribution in [3.63, 3.8) is 0 Å². The van der Waals surface area contributed by atoms with Crippen LogP contribution in [0.15, 0.2) is 46.2 Å². The van der Waals surface area contributed by atoms with Gasteiger partial charge in [-0.1, -0.05) is 0 Å². The minimum absolute atomic E-state index is 0.129. The van der Waals surface area contributed by atoms with Crippen LogP contribution < -0.4 is 16.4 Å². The third kappa shape index (κ3) is 3.37. The average Bonchev–Trinajstić information content (AvgIpc) is 3.51. The first-order chi connectivity index (χ1) is 15.3. The number of hydrogen-bond donors (Lipinski definition) is 1. The van der Waals surface area contributed by atoms with Crippen LogP contribution in [0.4, 0.5) is 10.2 Å². The van der Waals surface area contributed by atoms with Gasteiger partial charge < -0.3 is 14.5 Å². The number of halogens is 1. The van der Waals surface area contributed by atoms with E-state index in [-0.39, 0.29) is 40.8 Å². The van der Waals surface area contributed by atoms with Gasteiger partial charge in [0.25, 0.3) is 11.1 Å². The summed E-state index contributed by atoms with van der Waals surface area (Å²) in [5, 5.41) is 7.26. The zero-order valence-electron chi connectivity index (χ0n) is 17.6. The highest BCUT2D eigenvalue weighted by molar-refractivity contribution is 5.91. The molecule has 0 aliphatic heterocycles. The Bertz CT molecular complexity index is 1480. The number of hydrogen-bond acceptors (Lipinski definition) is 5. The normalized spacial score (nSPS) is 13.9. The van der Waals surface area contributed by atoms with E-state index < -0.39 is 17.3 Å². The summed E-state index contributed by atoms with van der Waals surface area (Å²) in [4.78, 5) is 43.1. The maximum atomic E-state index is 13.3. The fourth-order valence-corrected chi connectivity index (χ4v) is 3.85. The predicted molar refractivity (Wildman–Crippen MR) is 116 cm³/mol. The van der Waals surface area contributed by atoms with E-state index in [1.807, 2.05) is 13.8 Å². The zero-order valence-corrected chi connectivity index (χ0v) is 17.6. The topological polar surface area (TPSA) is 103 Å². The Labute approximate surface area is 181 Å². The van der Waals surface area contributed by atoms with Gasteiger partial charge in [0.1, 0.15) is 29.3 Å². The summed E-state index contributed by atoms with van der Waals surface area (Å²) in [7, 11) is 0. The molecule has 4 aromatic rings. The molecular formula is C22H21FN6O3. The Morgan fingerprint density at radius 2 is 2.00 bits per heavy atom. The van der Waals surface area contributed by atoms with Gasteiger partial charge in [0.15, 0.2) is 0 Å². The molecule has 1 N–H and O–H groups in total. The lowest BCUT2D eigenvalue weighted by molar-refractivity contribution is -0.116. The van der Waals surface area contributed by atoms with E-state index in [4.69, 9.17) is 0 Å². The fraction of sp³-hybridized carbons (Fsp3) is 0.318. The Balaban J connectivity index is 1.69. The van der Waals surface area contributed by atoms with Crippen LogP contribution in [-0.4, -0.2) is 29.6 Å². The second-order valence-corrected chi connectivity index (χ2v) is 8.30. The average molecular weight is 436 g/mol. The number of nitrogens with zero attached hydrogens (tertiary/aromatic N) is 5. The van der Waals surface area contributed by atoms with Crippen molar-refractivity contribution in [2.75, 3.05) is 5.32 Å². The number of carbonyl (C=O) groups excluding carboxylic acids is 1. The van der Waals surface area contributed by atoms with Crippen molar-refractivity contribution in [3.05, 3.63) is 68.9 Å². The Morgan fingerprint density at radius 3 is 2.66 bits per heavy atom. The highest BCUT2D eigenvalue weighted by Crippen LogP contribution is 2.39. The highest BCUT2D eigenvalue weighted by Gasteiger charge is 2.28. The lowest BCUT2D eigenvalue weighted by Crippen LogP contribution is -2.31. The number of nitrogens with one attached hydrogen (secondary N) is 1. The highest BCUT2D eigenvalue weighted by atomic mass is 19.1. The molecule has 4 heterocycles. The van der Waals surface area contributed by atoms with Crippen LogP contribution in [0.5, 0.6) is 0 Å². The number of aromatic nitrogens is 5. The minimum Gasteiger partial charge on any atom is -0.311 e. The number of fused-ring (bicyclic) bond motifs is 2. The van der Waals surface area contributed by atoms with Gasteiger partial charge in [0.2, 0.25) is 5.91 Å². The van der Waals surface area contributed by atoms with Crippen LogP contribution in [0.3, 0.4) is 0 Å². The number of carbonyl (C=O) groups is 1. The van der Waals surface area contributed by atoms with Gasteiger partial charge in [0.05, 0.1) is 17.3 Å². The van der Waals surface area contributed by atoms with E-state index >= 15 is 0 Å². The number of amides is 1. The summed E-state index contributed by atoms with van der Waals surface area (Å²) in [6, 6.07) is 5.77. The summed E-state index contributed by atoms with van der Waals surface area (Å²) in [5.41, 5.74) is 0.537. The van der Waals surface area contributed by atoms with Crippen LogP contribution in [0.1, 0.15) is 44.3 Å². The van der Waals surface area contributed by atoms with Gasteiger partial charge in [-0.3, -0.25) is 14.4 Å². The van der Waals surface area contributed by atoms with Crippen LogP contribution in [0, 0.1) is 5.82 Å². The number of rotatable bonds is 5. The van der Waals surface area contributed by atoms with Gasteiger partial charge in [-0.25, -0.2) is 9.37 Å². The molecule has 10 heteroatoms. The molecule has 1 fully saturated rings. The SMILES string of the molecule is CC(C)n1ccc2c(=O)n3nc(C4CC4)cc3n(CC(=O)Nc3ccc(F)cn3)c2c1=O. The standard InChI is InChI=1S/C22H21FN6O3/c1-12(2)27-8-7-15-20(22(27)32)28(11-18(30)25-17-6-5-14(23)10-24-17)19-9-16(13-3-4-13)26-29(19)21(15)31/h5-10,12-13H,3-4,11H2,1-2H3,(H,24,25,30). The first-order valence-electron chi connectivity index (χ1n) is 10.4. The predicted octanol–water partition coefficient (Wildman–Crippen LogP) is 2.44. The quantitative estimate of drug-likeness (QED) is 0.518. The van der Waals surface area contributed by atoms with Crippen LogP contribution in [0.2, 0.25) is 0 Å². The molecule has 1 aliphatic carbocycles. The van der Waals surface area contributed by atoms with Crippen molar-refractivity contribution in [2.24, 2.45) is 0 Å². The smallest absolute Gasteiger partial charge is 0.282 e. The summed E-state index contributed by atoms with van der Waals surface area (Å²) >= 11 is 0. The van der Waals surface area contributed by atoms with Crippen molar-refractivity contribution in [3.8, 4) is 0 Å². The molecule has 0 bridgehead atoms. The summed E-state index contributed by atoms with van der Waals surface area (Å²) in [6.45, 7) is 3.49. The van der Waals surface area contributed by atoms with Crippen molar-refractivity contribution < 1.29 is 9.18 Å². The fourth-order valence-electron chi connectivity index (χ4n) is 3.85. The van der Waals surface area contributed by atoms with Gasteiger partial charge in [0, 0.05) is 24.2 Å².